The van der Waals surface area contributed by atoms with Crippen LogP contribution in [-0.2, 0) is 27.2 Å². The highest BCUT2D eigenvalue weighted by Crippen LogP contribution is 2.39. The Labute approximate surface area is 206 Å². The first-order chi connectivity index (χ1) is 16.5. The SMILES string of the molecule is CC(C)(C[C@H](Cc1nc(S(C)(=O)=O)ccc1F)c1ccccc1-c1noc2ccccc12)S(N)=O. The molecule has 2 aromatic heterocycles. The zero-order chi connectivity index (χ0) is 25.4. The van der Waals surface area contributed by atoms with E-state index in [4.69, 9.17) is 9.66 Å². The van der Waals surface area contributed by atoms with Crippen molar-refractivity contribution < 1.29 is 21.5 Å². The van der Waals surface area contributed by atoms with Gasteiger partial charge >= 0.3 is 0 Å². The molecular formula is C25H26FN3O4S2. The fourth-order valence-corrected chi connectivity index (χ4v) is 5.12. The maximum absolute atomic E-state index is 14.8. The molecule has 184 valence electrons. The summed E-state index contributed by atoms with van der Waals surface area (Å²) in [5.74, 6) is -1.01. The number of nitrogens with zero attached hydrogens (tertiary/aromatic N) is 2. The standard InChI is InChI=1S/C25H26FN3O4S2/c1-25(2,34(27)30)15-16(14-21-20(26)12-13-23(28-21)35(3,31)32)17-8-4-5-9-18(17)24-19-10-6-7-11-22(19)33-29-24/h4-13,16H,14-15,27H2,1-3H3/t16-,34?/m0/s1. The third kappa shape index (κ3) is 5.34. The molecule has 2 N–H and O–H groups in total. The molecule has 10 heteroatoms. The molecule has 0 radical (unpaired) electrons. The van der Waals surface area contributed by atoms with Gasteiger partial charge in [0.25, 0.3) is 0 Å². The molecule has 0 fully saturated rings. The largest absolute Gasteiger partial charge is 0.356 e. The van der Waals surface area contributed by atoms with Gasteiger partial charge in [0.15, 0.2) is 20.4 Å². The Morgan fingerprint density at radius 2 is 1.77 bits per heavy atom. The van der Waals surface area contributed by atoms with Gasteiger partial charge in [-0.05, 0) is 62.4 Å². The van der Waals surface area contributed by atoms with E-state index in [1.807, 2.05) is 48.5 Å². The van der Waals surface area contributed by atoms with Crippen LogP contribution in [0.3, 0.4) is 0 Å². The number of fused-ring (bicyclic) bond motifs is 1. The van der Waals surface area contributed by atoms with Gasteiger partial charge < -0.3 is 4.52 Å². The van der Waals surface area contributed by atoms with E-state index in [1.165, 1.54) is 0 Å². The van der Waals surface area contributed by atoms with Crippen LogP contribution in [0.25, 0.3) is 22.2 Å². The van der Waals surface area contributed by atoms with Crippen LogP contribution in [0.5, 0.6) is 0 Å². The minimum absolute atomic E-state index is 0.0105. The lowest BCUT2D eigenvalue weighted by Gasteiger charge is -2.29. The number of para-hydroxylation sites is 1. The summed E-state index contributed by atoms with van der Waals surface area (Å²) in [7, 11) is -5.29. The van der Waals surface area contributed by atoms with Crippen LogP contribution in [0.4, 0.5) is 4.39 Å². The maximum atomic E-state index is 14.8. The molecule has 0 saturated heterocycles. The number of sulfone groups is 1. The summed E-state index contributed by atoms with van der Waals surface area (Å²) in [5.41, 5.74) is 2.87. The van der Waals surface area contributed by atoms with E-state index < -0.39 is 37.3 Å². The van der Waals surface area contributed by atoms with Gasteiger partial charge in [-0.15, -0.1) is 0 Å². The molecule has 7 nitrogen and oxygen atoms in total. The predicted molar refractivity (Wildman–Crippen MR) is 134 cm³/mol. The fourth-order valence-electron chi connectivity index (χ4n) is 4.16. The number of nitrogens with two attached hydrogens (primary N) is 1. The minimum Gasteiger partial charge on any atom is -0.356 e. The van der Waals surface area contributed by atoms with E-state index >= 15 is 0 Å². The number of pyridine rings is 1. The number of hydrogen-bond acceptors (Lipinski definition) is 6. The smallest absolute Gasteiger partial charge is 0.192 e. The van der Waals surface area contributed by atoms with Crippen LogP contribution in [0.15, 0.2) is 70.2 Å². The van der Waals surface area contributed by atoms with Gasteiger partial charge in [-0.2, -0.15) is 0 Å². The average Bonchev–Trinajstić information content (AvgIpc) is 3.23. The molecule has 35 heavy (non-hydrogen) atoms. The van der Waals surface area contributed by atoms with Crippen molar-refractivity contribution in [3.05, 3.63) is 77.7 Å². The van der Waals surface area contributed by atoms with E-state index in [1.54, 1.807) is 13.8 Å². The molecule has 2 aromatic carbocycles. The van der Waals surface area contributed by atoms with Crippen molar-refractivity contribution in [2.45, 2.75) is 42.4 Å². The first-order valence-corrected chi connectivity index (χ1v) is 14.0. The average molecular weight is 516 g/mol. The molecule has 4 rings (SSSR count). The van der Waals surface area contributed by atoms with Crippen LogP contribution in [-0.4, -0.2) is 33.8 Å². The van der Waals surface area contributed by atoms with E-state index in [2.05, 4.69) is 10.1 Å². The highest BCUT2D eigenvalue weighted by atomic mass is 32.2. The first kappa shape index (κ1) is 25.2. The molecule has 4 aromatic rings. The Bertz CT molecular complexity index is 1520. The van der Waals surface area contributed by atoms with Crippen molar-refractivity contribution in [1.82, 2.24) is 10.1 Å². The summed E-state index contributed by atoms with van der Waals surface area (Å²) in [6.07, 6.45) is 1.43. The maximum Gasteiger partial charge on any atom is 0.192 e. The summed E-state index contributed by atoms with van der Waals surface area (Å²) >= 11 is 0. The lowest BCUT2D eigenvalue weighted by atomic mass is 9.83. The highest BCUT2D eigenvalue weighted by molar-refractivity contribution is 7.90. The molecule has 0 saturated carbocycles. The van der Waals surface area contributed by atoms with Gasteiger partial charge in [-0.25, -0.2) is 22.0 Å². The molecule has 1 unspecified atom stereocenters. The zero-order valence-corrected chi connectivity index (χ0v) is 21.2. The van der Waals surface area contributed by atoms with Crippen molar-refractivity contribution >= 4 is 31.8 Å². The second kappa shape index (κ2) is 9.60. The molecule has 0 bridgehead atoms. The number of aromatic nitrogens is 2. The predicted octanol–water partition coefficient (Wildman–Crippen LogP) is 4.55. The van der Waals surface area contributed by atoms with Crippen molar-refractivity contribution in [2.75, 3.05) is 6.26 Å². The Balaban J connectivity index is 1.86. The van der Waals surface area contributed by atoms with Gasteiger partial charge in [-0.3, -0.25) is 5.14 Å². The third-order valence-electron chi connectivity index (χ3n) is 6.03. The number of rotatable bonds is 8. The van der Waals surface area contributed by atoms with Crippen LogP contribution in [0.1, 0.15) is 37.4 Å². The molecule has 0 spiro atoms. The minimum atomic E-state index is -3.63. The van der Waals surface area contributed by atoms with Gasteiger partial charge in [-0.1, -0.05) is 41.6 Å². The van der Waals surface area contributed by atoms with Crippen LogP contribution >= 0.6 is 0 Å². The monoisotopic (exact) mass is 515 g/mol. The van der Waals surface area contributed by atoms with Crippen molar-refractivity contribution in [3.63, 3.8) is 0 Å². The van der Waals surface area contributed by atoms with Crippen molar-refractivity contribution in [3.8, 4) is 11.3 Å². The summed E-state index contributed by atoms with van der Waals surface area (Å²) in [4.78, 5) is 4.12. The Morgan fingerprint density at radius 1 is 1.09 bits per heavy atom. The topological polar surface area (TPSA) is 116 Å². The molecule has 2 heterocycles. The zero-order valence-electron chi connectivity index (χ0n) is 19.6. The molecule has 0 amide bonds. The second-order valence-corrected chi connectivity index (χ2v) is 12.8. The van der Waals surface area contributed by atoms with Crippen molar-refractivity contribution in [2.24, 2.45) is 5.14 Å². The third-order valence-corrected chi connectivity index (χ3v) is 8.27. The van der Waals surface area contributed by atoms with E-state index in [-0.39, 0.29) is 17.1 Å². The first-order valence-electron chi connectivity index (χ1n) is 10.9. The van der Waals surface area contributed by atoms with Gasteiger partial charge in [0.2, 0.25) is 0 Å². The lowest BCUT2D eigenvalue weighted by Crippen LogP contribution is -2.34. The summed E-state index contributed by atoms with van der Waals surface area (Å²) in [6.45, 7) is 3.56. The summed E-state index contributed by atoms with van der Waals surface area (Å²) < 4.78 is 55.9. The van der Waals surface area contributed by atoms with E-state index in [0.29, 0.717) is 17.7 Å². The molecule has 0 aliphatic carbocycles. The molecule has 2 atom stereocenters. The molecular weight excluding hydrogens is 489 g/mol. The Hall–Kier alpha value is -2.95. The van der Waals surface area contributed by atoms with Crippen LogP contribution < -0.4 is 5.14 Å². The Kier molecular flexibility index (Phi) is 6.90. The lowest BCUT2D eigenvalue weighted by molar-refractivity contribution is 0.459. The van der Waals surface area contributed by atoms with Crippen LogP contribution in [0.2, 0.25) is 0 Å². The fraction of sp³-hybridized carbons (Fsp3) is 0.280. The quantitative estimate of drug-likeness (QED) is 0.368. The number of benzene rings is 2. The summed E-state index contributed by atoms with van der Waals surface area (Å²) in [5, 5.41) is 10.7. The second-order valence-electron chi connectivity index (χ2n) is 9.13. The number of halogens is 1. The van der Waals surface area contributed by atoms with Gasteiger partial charge in [0.05, 0.1) is 21.4 Å². The van der Waals surface area contributed by atoms with Gasteiger partial charge in [0, 0.05) is 17.2 Å². The van der Waals surface area contributed by atoms with Crippen LogP contribution in [0, 0.1) is 5.82 Å². The molecule has 0 aliphatic rings. The summed E-state index contributed by atoms with van der Waals surface area (Å²) in [6, 6.07) is 17.3. The van der Waals surface area contributed by atoms with Crippen molar-refractivity contribution in [1.29, 1.82) is 0 Å². The molecule has 0 aliphatic heterocycles. The van der Waals surface area contributed by atoms with E-state index in [9.17, 15) is 17.0 Å². The van der Waals surface area contributed by atoms with E-state index in [0.717, 1.165) is 34.9 Å². The number of hydrogen-bond donors (Lipinski definition) is 1. The normalized spacial score (nSPS) is 14.2. The Morgan fingerprint density at radius 3 is 2.49 bits per heavy atom. The van der Waals surface area contributed by atoms with Gasteiger partial charge in [0.1, 0.15) is 11.5 Å². The highest BCUT2D eigenvalue weighted by Gasteiger charge is 2.32.